The Morgan fingerprint density at radius 3 is 3.00 bits per heavy atom. The fourth-order valence-electron chi connectivity index (χ4n) is 2.49. The van der Waals surface area contributed by atoms with Crippen LogP contribution in [0.5, 0.6) is 0 Å². The van der Waals surface area contributed by atoms with E-state index in [0.29, 0.717) is 18.7 Å². The van der Waals surface area contributed by atoms with Crippen LogP contribution in [0.3, 0.4) is 0 Å². The number of likely N-dealkylation sites (tertiary alicyclic amines) is 1. The second-order valence-corrected chi connectivity index (χ2v) is 4.98. The number of benzene rings is 1. The highest BCUT2D eigenvalue weighted by Crippen LogP contribution is 2.19. The summed E-state index contributed by atoms with van der Waals surface area (Å²) in [5.41, 5.74) is 1.000. The molecule has 0 bridgehead atoms. The lowest BCUT2D eigenvalue weighted by Crippen LogP contribution is -2.40. The summed E-state index contributed by atoms with van der Waals surface area (Å²) in [6, 6.07) is 6.48. The van der Waals surface area contributed by atoms with Crippen molar-refractivity contribution < 1.29 is 9.18 Å². The maximum absolute atomic E-state index is 13.2. The van der Waals surface area contributed by atoms with Crippen LogP contribution in [0.15, 0.2) is 18.2 Å². The van der Waals surface area contributed by atoms with Gasteiger partial charge in [0, 0.05) is 32.0 Å². The molecular formula is C15H17FN2O. The first kappa shape index (κ1) is 13.7. The molecule has 1 aromatic rings. The summed E-state index contributed by atoms with van der Waals surface area (Å²) in [4.78, 5) is 13.8. The average Bonchev–Trinajstić information content (AvgIpc) is 2.43. The minimum atomic E-state index is -0.480. The maximum atomic E-state index is 13.2. The number of carbonyl (C=O) groups is 1. The van der Waals surface area contributed by atoms with Crippen LogP contribution in [0.4, 0.5) is 4.39 Å². The Kier molecular flexibility index (Phi) is 4.28. The third-order valence-electron chi connectivity index (χ3n) is 3.66. The number of halogens is 1. The van der Waals surface area contributed by atoms with Gasteiger partial charge in [0.05, 0.1) is 5.56 Å². The zero-order chi connectivity index (χ0) is 13.8. The van der Waals surface area contributed by atoms with Crippen LogP contribution in [0.1, 0.15) is 30.9 Å². The fourth-order valence-corrected chi connectivity index (χ4v) is 2.49. The van der Waals surface area contributed by atoms with E-state index in [4.69, 9.17) is 5.26 Å². The molecular weight excluding hydrogens is 243 g/mol. The second-order valence-electron chi connectivity index (χ2n) is 4.98. The second kappa shape index (κ2) is 5.94. The van der Waals surface area contributed by atoms with E-state index >= 15 is 0 Å². The van der Waals surface area contributed by atoms with Gasteiger partial charge < -0.3 is 0 Å². The molecule has 3 nitrogen and oxygen atoms in total. The molecule has 0 amide bonds. The van der Waals surface area contributed by atoms with Crippen molar-refractivity contribution in [3.63, 3.8) is 0 Å². The van der Waals surface area contributed by atoms with E-state index in [1.54, 1.807) is 12.1 Å². The number of Topliss-reactive ketones (excluding diaryl/α,β-unsaturated/α-hetero) is 1. The monoisotopic (exact) mass is 260 g/mol. The van der Waals surface area contributed by atoms with E-state index in [2.05, 4.69) is 4.90 Å². The molecule has 0 spiro atoms. The Labute approximate surface area is 112 Å². The van der Waals surface area contributed by atoms with Gasteiger partial charge in [0.1, 0.15) is 17.7 Å². The number of nitrogens with zero attached hydrogens (tertiary/aromatic N) is 2. The predicted octanol–water partition coefficient (Wildman–Crippen LogP) is 2.50. The van der Waals surface area contributed by atoms with Crippen LogP contribution in [0.25, 0.3) is 0 Å². The Hall–Kier alpha value is -1.73. The van der Waals surface area contributed by atoms with E-state index < -0.39 is 5.82 Å². The molecule has 1 aromatic carbocycles. The summed E-state index contributed by atoms with van der Waals surface area (Å²) in [7, 11) is 0. The topological polar surface area (TPSA) is 44.1 Å². The van der Waals surface area contributed by atoms with Crippen LogP contribution in [0.2, 0.25) is 0 Å². The molecule has 0 saturated carbocycles. The summed E-state index contributed by atoms with van der Waals surface area (Å²) in [5, 5.41) is 8.82. The average molecular weight is 260 g/mol. The molecule has 1 heterocycles. The molecule has 4 heteroatoms. The Morgan fingerprint density at radius 1 is 1.53 bits per heavy atom. The molecule has 1 unspecified atom stereocenters. The largest absolute Gasteiger partial charge is 0.299 e. The summed E-state index contributed by atoms with van der Waals surface area (Å²) in [6.07, 6.45) is 1.45. The predicted molar refractivity (Wildman–Crippen MR) is 69.8 cm³/mol. The van der Waals surface area contributed by atoms with Crippen molar-refractivity contribution >= 4 is 5.78 Å². The summed E-state index contributed by atoms with van der Waals surface area (Å²) < 4.78 is 13.2. The lowest BCUT2D eigenvalue weighted by atomic mass is 9.94. The van der Waals surface area contributed by atoms with Gasteiger partial charge in [0.25, 0.3) is 0 Å². The van der Waals surface area contributed by atoms with Gasteiger partial charge in [-0.25, -0.2) is 4.39 Å². The molecule has 1 aliphatic rings. The zero-order valence-electron chi connectivity index (χ0n) is 11.0. The summed E-state index contributed by atoms with van der Waals surface area (Å²) in [6.45, 7) is 4.19. The number of nitriles is 1. The number of carbonyl (C=O) groups excluding carboxylic acids is 1. The summed E-state index contributed by atoms with van der Waals surface area (Å²) in [5.74, 6) is -0.0216. The zero-order valence-corrected chi connectivity index (χ0v) is 11.0. The van der Waals surface area contributed by atoms with Crippen molar-refractivity contribution in [2.24, 2.45) is 5.92 Å². The van der Waals surface area contributed by atoms with Crippen LogP contribution < -0.4 is 0 Å². The number of piperidine rings is 1. The highest BCUT2D eigenvalue weighted by atomic mass is 19.1. The number of hydrogen-bond donors (Lipinski definition) is 0. The third-order valence-corrected chi connectivity index (χ3v) is 3.66. The maximum Gasteiger partial charge on any atom is 0.140 e. The standard InChI is InChI=1S/C15H17FN2O/c1-2-12-10-18(6-5-15(12)19)9-11-3-4-14(16)13(7-11)8-17/h3-4,7,12H,2,5-6,9-10H2,1H3. The minimum absolute atomic E-state index is 0.0811. The van der Waals surface area contributed by atoms with Gasteiger partial charge in [-0.1, -0.05) is 13.0 Å². The summed E-state index contributed by atoms with van der Waals surface area (Å²) >= 11 is 0. The van der Waals surface area contributed by atoms with E-state index in [9.17, 15) is 9.18 Å². The first-order valence-corrected chi connectivity index (χ1v) is 6.57. The Morgan fingerprint density at radius 2 is 2.32 bits per heavy atom. The fraction of sp³-hybridized carbons (Fsp3) is 0.467. The van der Waals surface area contributed by atoms with Crippen molar-refractivity contribution in [1.29, 1.82) is 5.26 Å². The molecule has 100 valence electrons. The smallest absolute Gasteiger partial charge is 0.140 e. The van der Waals surface area contributed by atoms with Gasteiger partial charge in [-0.3, -0.25) is 9.69 Å². The number of rotatable bonds is 3. The van der Waals surface area contributed by atoms with Gasteiger partial charge in [0.2, 0.25) is 0 Å². The molecule has 0 aliphatic carbocycles. The van der Waals surface area contributed by atoms with Crippen molar-refractivity contribution in [2.45, 2.75) is 26.3 Å². The van der Waals surface area contributed by atoms with Gasteiger partial charge in [-0.15, -0.1) is 0 Å². The van der Waals surface area contributed by atoms with Crippen LogP contribution in [-0.4, -0.2) is 23.8 Å². The van der Waals surface area contributed by atoms with Crippen molar-refractivity contribution in [3.8, 4) is 6.07 Å². The van der Waals surface area contributed by atoms with Gasteiger partial charge in [-0.2, -0.15) is 5.26 Å². The van der Waals surface area contributed by atoms with E-state index in [-0.39, 0.29) is 11.5 Å². The first-order valence-electron chi connectivity index (χ1n) is 6.57. The highest BCUT2D eigenvalue weighted by Gasteiger charge is 2.25. The van der Waals surface area contributed by atoms with E-state index in [1.165, 1.54) is 6.07 Å². The lowest BCUT2D eigenvalue weighted by Gasteiger charge is -2.31. The third kappa shape index (κ3) is 3.18. The molecule has 1 atom stereocenters. The molecule has 0 aromatic heterocycles. The Balaban J connectivity index is 2.06. The molecule has 19 heavy (non-hydrogen) atoms. The first-order chi connectivity index (χ1) is 9.13. The van der Waals surface area contributed by atoms with E-state index in [0.717, 1.165) is 25.1 Å². The molecule has 0 radical (unpaired) electrons. The number of ketones is 1. The van der Waals surface area contributed by atoms with Crippen molar-refractivity contribution in [3.05, 3.63) is 35.1 Å². The van der Waals surface area contributed by atoms with Crippen molar-refractivity contribution in [2.75, 3.05) is 13.1 Å². The normalized spacial score (nSPS) is 20.3. The number of hydrogen-bond acceptors (Lipinski definition) is 3. The van der Waals surface area contributed by atoms with Gasteiger partial charge in [0.15, 0.2) is 0 Å². The van der Waals surface area contributed by atoms with Crippen LogP contribution in [-0.2, 0) is 11.3 Å². The quantitative estimate of drug-likeness (QED) is 0.838. The molecule has 0 N–H and O–H groups in total. The molecule has 2 rings (SSSR count). The Bertz CT molecular complexity index is 521. The van der Waals surface area contributed by atoms with Crippen LogP contribution in [0, 0.1) is 23.1 Å². The molecule has 1 fully saturated rings. The minimum Gasteiger partial charge on any atom is -0.299 e. The highest BCUT2D eigenvalue weighted by molar-refractivity contribution is 5.82. The molecule has 1 aliphatic heterocycles. The van der Waals surface area contributed by atoms with Gasteiger partial charge >= 0.3 is 0 Å². The van der Waals surface area contributed by atoms with Crippen molar-refractivity contribution in [1.82, 2.24) is 4.90 Å². The molecule has 1 saturated heterocycles. The van der Waals surface area contributed by atoms with Crippen LogP contribution >= 0.6 is 0 Å². The van der Waals surface area contributed by atoms with E-state index in [1.807, 2.05) is 13.0 Å². The SMILES string of the molecule is CCC1CN(Cc2ccc(F)c(C#N)c2)CCC1=O. The van der Waals surface area contributed by atoms with Gasteiger partial charge in [-0.05, 0) is 24.1 Å². The lowest BCUT2D eigenvalue weighted by molar-refractivity contribution is -0.126.